The first-order chi connectivity index (χ1) is 15.6. The van der Waals surface area contributed by atoms with Crippen molar-refractivity contribution < 1.29 is 23.5 Å². The molecule has 2 aromatic rings. The van der Waals surface area contributed by atoms with Gasteiger partial charge in [-0.15, -0.1) is 17.0 Å². The molecule has 0 radical (unpaired) electrons. The van der Waals surface area contributed by atoms with Crippen LogP contribution in [-0.2, 0) is 16.8 Å². The minimum Gasteiger partial charge on any atom is -0.490 e. The van der Waals surface area contributed by atoms with Gasteiger partial charge in [0.1, 0.15) is 5.84 Å². The van der Waals surface area contributed by atoms with Gasteiger partial charge >= 0.3 is 0 Å². The number of rotatable bonds is 7. The zero-order valence-corrected chi connectivity index (χ0v) is 21.7. The van der Waals surface area contributed by atoms with Crippen molar-refractivity contribution in [1.29, 1.82) is 5.41 Å². The number of likely N-dealkylation sites (N-methyl/N-ethyl adjacent to an activating group) is 1. The van der Waals surface area contributed by atoms with Crippen molar-refractivity contribution in [1.82, 2.24) is 4.90 Å². The molecule has 0 spiro atoms. The highest BCUT2D eigenvalue weighted by molar-refractivity contribution is 8.93. The van der Waals surface area contributed by atoms with Crippen LogP contribution >= 0.6 is 17.0 Å². The average Bonchev–Trinajstić information content (AvgIpc) is 3.17. The van der Waals surface area contributed by atoms with Gasteiger partial charge < -0.3 is 19.3 Å². The summed E-state index contributed by atoms with van der Waals surface area (Å²) in [4.78, 5) is 28.8. The van der Waals surface area contributed by atoms with E-state index >= 15 is 4.39 Å². The highest BCUT2D eigenvalue weighted by atomic mass is 79.9. The molecule has 2 heterocycles. The number of hydrogen-bond acceptors (Lipinski definition) is 5. The number of carbonyl (C=O) groups excluding carboxylic acids is 2. The van der Waals surface area contributed by atoms with Gasteiger partial charge in [0, 0.05) is 24.8 Å². The Balaban J connectivity index is 0.00000324. The normalized spacial score (nSPS) is 15.7. The van der Waals surface area contributed by atoms with E-state index in [0.717, 1.165) is 11.3 Å². The van der Waals surface area contributed by atoms with Crippen LogP contribution in [0.1, 0.15) is 54.7 Å². The third-order valence-electron chi connectivity index (χ3n) is 6.30. The van der Waals surface area contributed by atoms with Gasteiger partial charge in [0.15, 0.2) is 23.1 Å². The first kappa shape index (κ1) is 25.7. The maximum absolute atomic E-state index is 15.2. The van der Waals surface area contributed by atoms with Crippen molar-refractivity contribution in [2.45, 2.75) is 39.7 Å². The smallest absolute Gasteiger partial charge is 0.236 e. The van der Waals surface area contributed by atoms with E-state index in [1.165, 1.54) is 4.90 Å². The highest BCUT2D eigenvalue weighted by Crippen LogP contribution is 2.42. The van der Waals surface area contributed by atoms with E-state index in [9.17, 15) is 9.59 Å². The van der Waals surface area contributed by atoms with Gasteiger partial charge in [-0.05, 0) is 63.1 Å². The van der Waals surface area contributed by atoms with Crippen LogP contribution in [0.4, 0.5) is 10.1 Å². The van der Waals surface area contributed by atoms with Crippen molar-refractivity contribution in [2.24, 2.45) is 0 Å². The molecule has 4 rings (SSSR count). The van der Waals surface area contributed by atoms with E-state index in [4.69, 9.17) is 14.9 Å². The Bertz CT molecular complexity index is 1180. The number of ether oxygens (including phenoxy) is 2. The van der Waals surface area contributed by atoms with Gasteiger partial charge in [-0.2, -0.15) is 0 Å². The van der Waals surface area contributed by atoms with Crippen molar-refractivity contribution in [3.63, 3.8) is 0 Å². The largest absolute Gasteiger partial charge is 0.490 e. The van der Waals surface area contributed by atoms with E-state index in [-0.39, 0.29) is 65.5 Å². The number of anilines is 1. The molecule has 1 N–H and O–H groups in total. The molecular formula is C25H29BrFN3O4. The van der Waals surface area contributed by atoms with Crippen molar-refractivity contribution in [3.05, 3.63) is 52.3 Å². The van der Waals surface area contributed by atoms with Gasteiger partial charge in [-0.1, -0.05) is 0 Å². The third kappa shape index (κ3) is 3.96. The monoisotopic (exact) mass is 533 g/mol. The lowest BCUT2D eigenvalue weighted by Gasteiger charge is -2.18. The van der Waals surface area contributed by atoms with Crippen LogP contribution < -0.4 is 14.4 Å². The summed E-state index contributed by atoms with van der Waals surface area (Å²) >= 11 is 0. The van der Waals surface area contributed by atoms with Gasteiger partial charge in [0.05, 0.1) is 30.7 Å². The molecule has 34 heavy (non-hydrogen) atoms. The number of ketones is 1. The number of carbonyl (C=O) groups is 2. The number of Topliss-reactive ketones (excluding diaryl/α,β-unsaturated/α-hetero) is 1. The fourth-order valence-electron chi connectivity index (χ4n) is 4.57. The Morgan fingerprint density at radius 2 is 1.85 bits per heavy atom. The number of amidine groups is 1. The SMILES string of the molecule is Br.CCOc1cc2c(c(F)c1OCC)C(=N)N(CC(=O)c1ccc3c(c1)C(C)(C)C(=O)N3C)C2. The van der Waals surface area contributed by atoms with Gasteiger partial charge in [-0.25, -0.2) is 4.39 Å². The van der Waals surface area contributed by atoms with Crippen molar-refractivity contribution in [3.8, 4) is 11.5 Å². The lowest BCUT2D eigenvalue weighted by atomic mass is 9.85. The number of halogens is 2. The summed E-state index contributed by atoms with van der Waals surface area (Å²) in [6, 6.07) is 6.92. The summed E-state index contributed by atoms with van der Waals surface area (Å²) in [5.41, 5.74) is 2.05. The minimum absolute atomic E-state index is 0. The lowest BCUT2D eigenvalue weighted by Crippen LogP contribution is -2.33. The molecule has 0 unspecified atom stereocenters. The van der Waals surface area contributed by atoms with Crippen molar-refractivity contribution >= 4 is 40.2 Å². The van der Waals surface area contributed by atoms with Gasteiger partial charge in [0.2, 0.25) is 5.91 Å². The highest BCUT2D eigenvalue weighted by Gasteiger charge is 2.42. The second-order valence-electron chi connectivity index (χ2n) is 8.77. The Hall–Kier alpha value is -2.94. The molecule has 0 aliphatic carbocycles. The molecule has 2 aliphatic rings. The molecular weight excluding hydrogens is 505 g/mol. The van der Waals surface area contributed by atoms with Crippen LogP contribution in [0.2, 0.25) is 0 Å². The second kappa shape index (κ2) is 9.37. The number of nitrogens with one attached hydrogen (secondary N) is 1. The van der Waals surface area contributed by atoms with Gasteiger partial charge in [0.25, 0.3) is 0 Å². The summed E-state index contributed by atoms with van der Waals surface area (Å²) in [5.74, 6) is -0.639. The zero-order valence-electron chi connectivity index (χ0n) is 20.0. The van der Waals surface area contributed by atoms with E-state index in [2.05, 4.69) is 0 Å². The fraction of sp³-hybridized carbons (Fsp3) is 0.400. The molecule has 0 bridgehead atoms. The molecule has 0 fully saturated rings. The lowest BCUT2D eigenvalue weighted by molar-refractivity contribution is -0.121. The second-order valence-corrected chi connectivity index (χ2v) is 8.77. The Kier molecular flexibility index (Phi) is 7.07. The molecule has 1 amide bonds. The first-order valence-electron chi connectivity index (χ1n) is 11.0. The predicted molar refractivity (Wildman–Crippen MR) is 134 cm³/mol. The Morgan fingerprint density at radius 3 is 2.50 bits per heavy atom. The van der Waals surface area contributed by atoms with E-state index in [0.29, 0.717) is 23.5 Å². The summed E-state index contributed by atoms with van der Waals surface area (Å²) in [5, 5.41) is 8.51. The Labute approximate surface area is 209 Å². The molecule has 2 aromatic carbocycles. The van der Waals surface area contributed by atoms with Crippen LogP contribution in [0, 0.1) is 11.2 Å². The van der Waals surface area contributed by atoms with Crippen LogP contribution in [-0.4, -0.2) is 49.2 Å². The number of fused-ring (bicyclic) bond motifs is 2. The van der Waals surface area contributed by atoms with E-state index in [1.54, 1.807) is 50.1 Å². The molecule has 0 aromatic heterocycles. The van der Waals surface area contributed by atoms with Crippen LogP contribution in [0.3, 0.4) is 0 Å². The molecule has 2 aliphatic heterocycles. The first-order valence-corrected chi connectivity index (χ1v) is 11.0. The standard InChI is InChI=1S/C25H28FN3O4.BrH/c1-6-32-19-11-15-12-29(23(27)20(15)21(26)22(19)33-7-2)13-18(30)14-8-9-17-16(10-14)25(3,4)24(31)28(17)5;/h8-11,27H,6-7,12-13H2,1-5H3;1H. The molecule has 0 saturated carbocycles. The summed E-state index contributed by atoms with van der Waals surface area (Å²) < 4.78 is 26.2. The number of hydrogen-bond donors (Lipinski definition) is 1. The van der Waals surface area contributed by atoms with E-state index in [1.807, 2.05) is 13.8 Å². The molecule has 0 saturated heterocycles. The summed E-state index contributed by atoms with van der Waals surface area (Å²) in [6.07, 6.45) is 0. The quantitative estimate of drug-likeness (QED) is 0.530. The molecule has 9 heteroatoms. The average molecular weight is 534 g/mol. The maximum Gasteiger partial charge on any atom is 0.236 e. The molecule has 7 nitrogen and oxygen atoms in total. The van der Waals surface area contributed by atoms with Crippen molar-refractivity contribution in [2.75, 3.05) is 31.7 Å². The number of benzene rings is 2. The van der Waals surface area contributed by atoms with Crippen LogP contribution in [0.5, 0.6) is 11.5 Å². The van der Waals surface area contributed by atoms with E-state index < -0.39 is 11.2 Å². The van der Waals surface area contributed by atoms with Crippen LogP contribution in [0.15, 0.2) is 24.3 Å². The van der Waals surface area contributed by atoms with Crippen LogP contribution in [0.25, 0.3) is 0 Å². The Morgan fingerprint density at radius 1 is 1.18 bits per heavy atom. The molecule has 0 atom stereocenters. The fourth-order valence-corrected chi connectivity index (χ4v) is 4.57. The maximum atomic E-state index is 15.2. The molecule has 182 valence electrons. The predicted octanol–water partition coefficient (Wildman–Crippen LogP) is 4.48. The number of nitrogens with zero attached hydrogens (tertiary/aromatic N) is 2. The zero-order chi connectivity index (χ0) is 24.1. The van der Waals surface area contributed by atoms with Gasteiger partial charge in [-0.3, -0.25) is 15.0 Å². The number of amides is 1. The third-order valence-corrected chi connectivity index (χ3v) is 6.30. The summed E-state index contributed by atoms with van der Waals surface area (Å²) in [7, 11) is 1.72. The minimum atomic E-state index is -0.717. The topological polar surface area (TPSA) is 82.9 Å². The summed E-state index contributed by atoms with van der Waals surface area (Å²) in [6.45, 7) is 7.99.